The Morgan fingerprint density at radius 1 is 1.28 bits per heavy atom. The molecule has 0 unspecified atom stereocenters. The molecule has 104 valence electrons. The number of nitrogens with two attached hydrogens (primary N) is 2. The predicted octanol–water partition coefficient (Wildman–Crippen LogP) is 1.05. The molecule has 0 aliphatic carbocycles. The molecule has 18 heavy (non-hydrogen) atoms. The highest BCUT2D eigenvalue weighted by Crippen LogP contribution is 2.24. The largest absolute Gasteiger partial charge is 0.495 e. The fourth-order valence-electron chi connectivity index (χ4n) is 1.57. The van der Waals surface area contributed by atoms with Gasteiger partial charge in [-0.25, -0.2) is 13.6 Å². The zero-order chi connectivity index (χ0) is 12.9. The van der Waals surface area contributed by atoms with E-state index in [1.165, 1.54) is 7.11 Å². The SMILES string of the molecule is COc1ccc(CCCCN)cc1S(N)(=O)=O.Cl. The summed E-state index contributed by atoms with van der Waals surface area (Å²) in [5.41, 5.74) is 6.32. The number of hydrogen-bond acceptors (Lipinski definition) is 4. The molecule has 0 aromatic heterocycles. The van der Waals surface area contributed by atoms with Gasteiger partial charge in [0.2, 0.25) is 10.0 Å². The molecule has 0 radical (unpaired) electrons. The maximum absolute atomic E-state index is 11.4. The molecular formula is C11H19ClN2O3S. The fourth-order valence-corrected chi connectivity index (χ4v) is 2.32. The number of sulfonamides is 1. The van der Waals surface area contributed by atoms with Crippen molar-refractivity contribution < 1.29 is 13.2 Å². The average molecular weight is 295 g/mol. The molecule has 7 heteroatoms. The lowest BCUT2D eigenvalue weighted by Gasteiger charge is -2.09. The number of methoxy groups -OCH3 is 1. The maximum Gasteiger partial charge on any atom is 0.241 e. The molecule has 0 spiro atoms. The van der Waals surface area contributed by atoms with Crippen LogP contribution in [0.15, 0.2) is 23.1 Å². The van der Waals surface area contributed by atoms with E-state index in [0.29, 0.717) is 6.54 Å². The van der Waals surface area contributed by atoms with Gasteiger partial charge in [0.05, 0.1) is 7.11 Å². The summed E-state index contributed by atoms with van der Waals surface area (Å²) in [6, 6.07) is 5.02. The van der Waals surface area contributed by atoms with Gasteiger partial charge in [0.1, 0.15) is 10.6 Å². The molecule has 0 amide bonds. The summed E-state index contributed by atoms with van der Waals surface area (Å²) in [4.78, 5) is 0.0326. The molecule has 4 N–H and O–H groups in total. The van der Waals surface area contributed by atoms with Crippen LogP contribution in [-0.4, -0.2) is 22.1 Å². The molecule has 0 saturated heterocycles. The van der Waals surface area contributed by atoms with Gasteiger partial charge in [-0.15, -0.1) is 12.4 Å². The predicted molar refractivity (Wildman–Crippen MR) is 73.6 cm³/mol. The Kier molecular flexibility index (Phi) is 7.23. The molecule has 0 aliphatic rings. The number of hydrogen-bond donors (Lipinski definition) is 2. The number of primary sulfonamides is 1. The lowest BCUT2D eigenvalue weighted by Crippen LogP contribution is -2.14. The Bertz CT molecular complexity index is 477. The van der Waals surface area contributed by atoms with Crippen LogP contribution in [0.4, 0.5) is 0 Å². The lowest BCUT2D eigenvalue weighted by atomic mass is 10.1. The van der Waals surface area contributed by atoms with Gasteiger partial charge in [0, 0.05) is 0 Å². The van der Waals surface area contributed by atoms with Crippen molar-refractivity contribution in [1.29, 1.82) is 0 Å². The first-order valence-electron chi connectivity index (χ1n) is 5.39. The second-order valence-electron chi connectivity index (χ2n) is 3.78. The molecule has 1 rings (SSSR count). The third kappa shape index (κ3) is 4.81. The van der Waals surface area contributed by atoms with E-state index in [4.69, 9.17) is 15.6 Å². The Labute approximate surface area is 114 Å². The van der Waals surface area contributed by atoms with Crippen LogP contribution in [0.5, 0.6) is 5.75 Å². The van der Waals surface area contributed by atoms with Gasteiger partial charge in [0.15, 0.2) is 0 Å². The third-order valence-corrected chi connectivity index (χ3v) is 3.39. The normalized spacial score (nSPS) is 10.8. The van der Waals surface area contributed by atoms with Crippen LogP contribution >= 0.6 is 12.4 Å². The van der Waals surface area contributed by atoms with Crippen LogP contribution < -0.4 is 15.6 Å². The molecule has 0 aliphatic heterocycles. The van der Waals surface area contributed by atoms with Crippen LogP contribution in [-0.2, 0) is 16.4 Å². The van der Waals surface area contributed by atoms with E-state index in [1.807, 2.05) is 6.07 Å². The quantitative estimate of drug-likeness (QED) is 0.767. The van der Waals surface area contributed by atoms with E-state index in [2.05, 4.69) is 0 Å². The minimum absolute atomic E-state index is 0. The first-order valence-corrected chi connectivity index (χ1v) is 6.93. The molecule has 1 aromatic carbocycles. The fraction of sp³-hybridized carbons (Fsp3) is 0.455. The smallest absolute Gasteiger partial charge is 0.241 e. The molecule has 5 nitrogen and oxygen atoms in total. The zero-order valence-corrected chi connectivity index (χ0v) is 11.9. The van der Waals surface area contributed by atoms with E-state index in [0.717, 1.165) is 24.8 Å². The second kappa shape index (κ2) is 7.58. The monoisotopic (exact) mass is 294 g/mol. The van der Waals surface area contributed by atoms with Crippen LogP contribution in [0.1, 0.15) is 18.4 Å². The van der Waals surface area contributed by atoms with Crippen LogP contribution in [0.25, 0.3) is 0 Å². The summed E-state index contributed by atoms with van der Waals surface area (Å²) in [7, 11) is -2.33. The highest BCUT2D eigenvalue weighted by molar-refractivity contribution is 7.89. The number of ether oxygens (including phenoxy) is 1. The van der Waals surface area contributed by atoms with Crippen molar-refractivity contribution in [2.75, 3.05) is 13.7 Å². The minimum Gasteiger partial charge on any atom is -0.495 e. The van der Waals surface area contributed by atoms with Crippen LogP contribution in [0.3, 0.4) is 0 Å². The van der Waals surface area contributed by atoms with E-state index in [1.54, 1.807) is 12.1 Å². The third-order valence-electron chi connectivity index (χ3n) is 2.45. The Morgan fingerprint density at radius 2 is 1.94 bits per heavy atom. The molecular weight excluding hydrogens is 276 g/mol. The van der Waals surface area contributed by atoms with Crippen molar-refractivity contribution >= 4 is 22.4 Å². The van der Waals surface area contributed by atoms with E-state index in [-0.39, 0.29) is 23.1 Å². The summed E-state index contributed by atoms with van der Waals surface area (Å²) >= 11 is 0. The number of rotatable bonds is 6. The molecule has 0 saturated carbocycles. The van der Waals surface area contributed by atoms with Crippen molar-refractivity contribution in [1.82, 2.24) is 0 Å². The van der Waals surface area contributed by atoms with Crippen molar-refractivity contribution in [2.45, 2.75) is 24.2 Å². The van der Waals surface area contributed by atoms with Crippen LogP contribution in [0, 0.1) is 0 Å². The highest BCUT2D eigenvalue weighted by atomic mass is 35.5. The first-order chi connectivity index (χ1) is 7.99. The molecule has 1 aromatic rings. The van der Waals surface area contributed by atoms with Crippen LogP contribution in [0.2, 0.25) is 0 Å². The standard InChI is InChI=1S/C11H18N2O3S.ClH/c1-16-10-6-5-9(4-2-3-7-12)8-11(10)17(13,14)15;/h5-6,8H,2-4,7,12H2,1H3,(H2,13,14,15);1H. The Morgan fingerprint density at radius 3 is 2.44 bits per heavy atom. The van der Waals surface area contributed by atoms with E-state index in [9.17, 15) is 8.42 Å². The van der Waals surface area contributed by atoms with Gasteiger partial charge in [-0.2, -0.15) is 0 Å². The van der Waals surface area contributed by atoms with Crippen molar-refractivity contribution in [2.24, 2.45) is 10.9 Å². The molecule has 0 heterocycles. The first kappa shape index (κ1) is 17.2. The molecule has 0 bridgehead atoms. The van der Waals surface area contributed by atoms with Gasteiger partial charge in [-0.3, -0.25) is 0 Å². The number of benzene rings is 1. The summed E-state index contributed by atoms with van der Waals surface area (Å²) in [6.07, 6.45) is 2.62. The van der Waals surface area contributed by atoms with Crippen molar-refractivity contribution in [3.63, 3.8) is 0 Å². The number of unbranched alkanes of at least 4 members (excludes halogenated alkanes) is 1. The zero-order valence-electron chi connectivity index (χ0n) is 10.3. The van der Waals surface area contributed by atoms with Gasteiger partial charge in [-0.1, -0.05) is 6.07 Å². The second-order valence-corrected chi connectivity index (χ2v) is 5.31. The average Bonchev–Trinajstić information content (AvgIpc) is 2.28. The van der Waals surface area contributed by atoms with Gasteiger partial charge < -0.3 is 10.5 Å². The number of halogens is 1. The Balaban J connectivity index is 0.00000289. The summed E-state index contributed by atoms with van der Waals surface area (Å²) in [6.45, 7) is 0.637. The van der Waals surface area contributed by atoms with Gasteiger partial charge >= 0.3 is 0 Å². The van der Waals surface area contributed by atoms with Crippen molar-refractivity contribution in [3.05, 3.63) is 23.8 Å². The maximum atomic E-state index is 11.4. The lowest BCUT2D eigenvalue weighted by molar-refractivity contribution is 0.402. The Hall–Kier alpha value is -0.820. The summed E-state index contributed by atoms with van der Waals surface area (Å²) in [5.74, 6) is 0.273. The van der Waals surface area contributed by atoms with Gasteiger partial charge in [0.25, 0.3) is 0 Å². The number of aryl methyl sites for hydroxylation is 1. The highest BCUT2D eigenvalue weighted by Gasteiger charge is 2.15. The van der Waals surface area contributed by atoms with Crippen molar-refractivity contribution in [3.8, 4) is 5.75 Å². The van der Waals surface area contributed by atoms with Gasteiger partial charge in [-0.05, 0) is 43.5 Å². The minimum atomic E-state index is -3.75. The summed E-state index contributed by atoms with van der Waals surface area (Å²) < 4.78 is 27.7. The molecule has 0 fully saturated rings. The van der Waals surface area contributed by atoms with E-state index >= 15 is 0 Å². The topological polar surface area (TPSA) is 95.4 Å². The molecule has 0 atom stereocenters. The van der Waals surface area contributed by atoms with E-state index < -0.39 is 10.0 Å². The summed E-state index contributed by atoms with van der Waals surface area (Å²) in [5, 5.41) is 5.13.